The van der Waals surface area contributed by atoms with Gasteiger partial charge in [0.05, 0.1) is 10.7 Å². The predicted octanol–water partition coefficient (Wildman–Crippen LogP) is 3.34. The molecule has 0 atom stereocenters. The Morgan fingerprint density at radius 2 is 2.07 bits per heavy atom. The molecule has 2 nitrogen and oxygen atoms in total. The first-order chi connectivity index (χ1) is 6.81. The summed E-state index contributed by atoms with van der Waals surface area (Å²) in [5, 5.41) is 2.16. The smallest absolute Gasteiger partial charge is 0.110 e. The molecule has 0 unspecified atom stereocenters. The van der Waals surface area contributed by atoms with E-state index in [0.717, 1.165) is 11.4 Å². The van der Waals surface area contributed by atoms with Crippen molar-refractivity contribution in [2.24, 2.45) is 0 Å². The van der Waals surface area contributed by atoms with Gasteiger partial charge in [0.2, 0.25) is 0 Å². The van der Waals surface area contributed by atoms with Gasteiger partial charge >= 0.3 is 0 Å². The molecule has 1 heterocycles. The molecule has 0 radical (unpaired) electrons. The fraction of sp³-hybridized carbons (Fsp3) is 0.727. The van der Waals surface area contributed by atoms with E-state index in [1.807, 2.05) is 0 Å². The average Bonchev–Trinajstić information content (AvgIpc) is 2.61. The zero-order valence-corrected chi connectivity index (χ0v) is 9.57. The maximum atomic E-state index is 6.00. The van der Waals surface area contributed by atoms with Gasteiger partial charge in [-0.15, -0.1) is 11.3 Å². The third-order valence-corrected chi connectivity index (χ3v) is 4.06. The van der Waals surface area contributed by atoms with Crippen LogP contribution in [-0.4, -0.2) is 4.98 Å². The molecule has 0 bridgehead atoms. The molecule has 1 fully saturated rings. The van der Waals surface area contributed by atoms with Crippen LogP contribution in [0.5, 0.6) is 0 Å². The highest BCUT2D eigenvalue weighted by Crippen LogP contribution is 2.37. The molecule has 0 aliphatic heterocycles. The van der Waals surface area contributed by atoms with Crippen LogP contribution in [0.2, 0.25) is 0 Å². The maximum Gasteiger partial charge on any atom is 0.110 e. The molecule has 1 aliphatic rings. The van der Waals surface area contributed by atoms with Crippen molar-refractivity contribution in [3.63, 3.8) is 0 Å². The number of rotatable bonds is 2. The zero-order valence-electron chi connectivity index (χ0n) is 8.75. The van der Waals surface area contributed by atoms with Crippen molar-refractivity contribution >= 4 is 16.3 Å². The molecule has 78 valence electrons. The fourth-order valence-electron chi connectivity index (χ4n) is 2.21. The number of hydrogen-bond donors (Lipinski definition) is 1. The minimum atomic E-state index is 0.653. The summed E-state index contributed by atoms with van der Waals surface area (Å²) in [6.45, 7) is 2.14. The molecule has 1 saturated carbocycles. The van der Waals surface area contributed by atoms with E-state index in [0.29, 0.717) is 5.92 Å². The van der Waals surface area contributed by atoms with Gasteiger partial charge in [0.15, 0.2) is 0 Å². The first-order valence-corrected chi connectivity index (χ1v) is 6.38. The second kappa shape index (κ2) is 4.30. The summed E-state index contributed by atoms with van der Waals surface area (Å²) >= 11 is 1.67. The van der Waals surface area contributed by atoms with Gasteiger partial charge in [-0.1, -0.05) is 26.2 Å². The Morgan fingerprint density at radius 1 is 1.36 bits per heavy atom. The number of anilines is 1. The highest BCUT2D eigenvalue weighted by Gasteiger charge is 2.20. The van der Waals surface area contributed by atoms with E-state index < -0.39 is 0 Å². The molecular weight excluding hydrogens is 192 g/mol. The summed E-state index contributed by atoms with van der Waals surface area (Å²) in [4.78, 5) is 4.65. The Balaban J connectivity index is 2.17. The summed E-state index contributed by atoms with van der Waals surface area (Å²) in [5.74, 6) is 0.653. The second-order valence-electron chi connectivity index (χ2n) is 4.05. The number of thiazole rings is 1. The van der Waals surface area contributed by atoms with Crippen LogP contribution in [0, 0.1) is 0 Å². The monoisotopic (exact) mass is 210 g/mol. The molecule has 2 N–H and O–H groups in total. The number of nitrogens with zero attached hydrogens (tertiary/aromatic N) is 1. The number of nitrogens with two attached hydrogens (primary N) is 1. The van der Waals surface area contributed by atoms with Crippen LogP contribution >= 0.6 is 11.3 Å². The Kier molecular flexibility index (Phi) is 3.06. The minimum absolute atomic E-state index is 0.653. The van der Waals surface area contributed by atoms with E-state index in [9.17, 15) is 0 Å². The van der Waals surface area contributed by atoms with Crippen LogP contribution in [0.3, 0.4) is 0 Å². The Labute approximate surface area is 89.5 Å². The molecule has 14 heavy (non-hydrogen) atoms. The quantitative estimate of drug-likeness (QED) is 0.813. The van der Waals surface area contributed by atoms with Crippen molar-refractivity contribution in [3.8, 4) is 0 Å². The van der Waals surface area contributed by atoms with Crippen LogP contribution in [0.15, 0.2) is 0 Å². The highest BCUT2D eigenvalue weighted by molar-refractivity contribution is 7.15. The molecule has 1 aromatic rings. The molecule has 2 rings (SSSR count). The van der Waals surface area contributed by atoms with E-state index in [4.69, 9.17) is 5.73 Å². The Morgan fingerprint density at radius 3 is 2.64 bits per heavy atom. The largest absolute Gasteiger partial charge is 0.389 e. The lowest BCUT2D eigenvalue weighted by atomic mass is 9.87. The number of nitrogen functional groups attached to an aromatic ring is 1. The molecule has 1 aromatic heterocycles. The zero-order chi connectivity index (χ0) is 9.97. The summed E-state index contributed by atoms with van der Waals surface area (Å²) in [7, 11) is 0. The lowest BCUT2D eigenvalue weighted by molar-refractivity contribution is 0.438. The van der Waals surface area contributed by atoms with Crippen LogP contribution < -0.4 is 5.73 Å². The lowest BCUT2D eigenvalue weighted by Gasteiger charge is -2.20. The van der Waals surface area contributed by atoms with Gasteiger partial charge in [-0.05, 0) is 19.3 Å². The van der Waals surface area contributed by atoms with E-state index in [-0.39, 0.29) is 0 Å². The first kappa shape index (κ1) is 9.97. The summed E-state index contributed by atoms with van der Waals surface area (Å²) in [6.07, 6.45) is 7.68. The molecule has 3 heteroatoms. The summed E-state index contributed by atoms with van der Waals surface area (Å²) < 4.78 is 0. The highest BCUT2D eigenvalue weighted by atomic mass is 32.1. The van der Waals surface area contributed by atoms with Gasteiger partial charge in [-0.2, -0.15) is 0 Å². The van der Waals surface area contributed by atoms with Crippen molar-refractivity contribution in [2.75, 3.05) is 5.73 Å². The summed E-state index contributed by atoms with van der Waals surface area (Å²) in [6, 6.07) is 0. The first-order valence-electron chi connectivity index (χ1n) is 5.56. The number of aromatic nitrogens is 1. The summed E-state index contributed by atoms with van der Waals surface area (Å²) in [5.41, 5.74) is 7.20. The van der Waals surface area contributed by atoms with Gasteiger partial charge in [-0.25, -0.2) is 4.98 Å². The van der Waals surface area contributed by atoms with E-state index in [1.165, 1.54) is 42.8 Å². The third kappa shape index (κ3) is 1.92. The minimum Gasteiger partial charge on any atom is -0.389 e. The van der Waals surface area contributed by atoms with Gasteiger partial charge in [0.1, 0.15) is 5.00 Å². The van der Waals surface area contributed by atoms with Crippen molar-refractivity contribution < 1.29 is 0 Å². The predicted molar refractivity (Wildman–Crippen MR) is 61.7 cm³/mol. The van der Waals surface area contributed by atoms with E-state index in [1.54, 1.807) is 11.3 Å². The van der Waals surface area contributed by atoms with Crippen LogP contribution in [0.25, 0.3) is 0 Å². The van der Waals surface area contributed by atoms with Crippen LogP contribution in [-0.2, 0) is 6.42 Å². The number of aryl methyl sites for hydroxylation is 1. The van der Waals surface area contributed by atoms with Crippen LogP contribution in [0.4, 0.5) is 5.00 Å². The maximum absolute atomic E-state index is 6.00. The van der Waals surface area contributed by atoms with Crippen LogP contribution in [0.1, 0.15) is 55.6 Å². The van der Waals surface area contributed by atoms with E-state index >= 15 is 0 Å². The lowest BCUT2D eigenvalue weighted by Crippen LogP contribution is -2.06. The number of hydrogen-bond acceptors (Lipinski definition) is 3. The Bertz CT molecular complexity index is 300. The van der Waals surface area contributed by atoms with Gasteiger partial charge in [-0.3, -0.25) is 0 Å². The van der Waals surface area contributed by atoms with Crippen molar-refractivity contribution in [1.82, 2.24) is 4.98 Å². The molecule has 1 aliphatic carbocycles. The average molecular weight is 210 g/mol. The normalized spacial score (nSPS) is 18.6. The SMILES string of the molecule is CCc1nc(C2CCCCC2)c(N)s1. The Hall–Kier alpha value is -0.570. The fourth-order valence-corrected chi connectivity index (χ4v) is 3.07. The molecule has 0 spiro atoms. The standard InChI is InChI=1S/C11H18N2S/c1-2-9-13-10(11(12)14-9)8-6-4-3-5-7-8/h8H,2-7,12H2,1H3. The van der Waals surface area contributed by atoms with Crippen molar-refractivity contribution in [3.05, 3.63) is 10.7 Å². The third-order valence-electron chi connectivity index (χ3n) is 3.02. The van der Waals surface area contributed by atoms with Gasteiger partial charge in [0, 0.05) is 5.92 Å². The molecule has 0 saturated heterocycles. The van der Waals surface area contributed by atoms with Crippen molar-refractivity contribution in [2.45, 2.75) is 51.4 Å². The van der Waals surface area contributed by atoms with Crippen molar-refractivity contribution in [1.29, 1.82) is 0 Å². The van der Waals surface area contributed by atoms with Gasteiger partial charge in [0.25, 0.3) is 0 Å². The molecule has 0 amide bonds. The van der Waals surface area contributed by atoms with E-state index in [2.05, 4.69) is 11.9 Å². The molecular formula is C11H18N2S. The topological polar surface area (TPSA) is 38.9 Å². The molecule has 0 aromatic carbocycles. The second-order valence-corrected chi connectivity index (χ2v) is 5.16. The van der Waals surface area contributed by atoms with Gasteiger partial charge < -0.3 is 5.73 Å².